The summed E-state index contributed by atoms with van der Waals surface area (Å²) in [6.07, 6.45) is 1.96. The third-order valence-corrected chi connectivity index (χ3v) is 2.72. The van der Waals surface area contributed by atoms with Crippen LogP contribution >= 0.6 is 0 Å². The molecular weight excluding hydrogens is 218 g/mol. The van der Waals surface area contributed by atoms with Gasteiger partial charge < -0.3 is 5.32 Å². The molecule has 1 amide bonds. The van der Waals surface area contributed by atoms with Crippen LogP contribution in [0.4, 0.5) is 5.69 Å². The van der Waals surface area contributed by atoms with Gasteiger partial charge in [0.15, 0.2) is 0 Å². The highest BCUT2D eigenvalue weighted by atomic mass is 16.2. The van der Waals surface area contributed by atoms with Crippen LogP contribution in [0.15, 0.2) is 24.3 Å². The predicted molar refractivity (Wildman–Crippen MR) is 61.0 cm³/mol. The Balaban J connectivity index is 1.90. The highest BCUT2D eigenvalue weighted by Crippen LogP contribution is 2.32. The van der Waals surface area contributed by atoms with Gasteiger partial charge in [0.25, 0.3) is 0 Å². The maximum Gasteiger partial charge on any atom is 0.227 e. The Morgan fingerprint density at radius 3 is 2.88 bits per heavy atom. The Morgan fingerprint density at radius 1 is 1.35 bits per heavy atom. The second-order valence-electron chi connectivity index (χ2n) is 4.04. The van der Waals surface area contributed by atoms with E-state index in [0.717, 1.165) is 24.1 Å². The number of benzene rings is 1. The standard InChI is InChI=1S/C11H11N5O/c17-11(7-5-6-7)12-9-4-2-1-3-8(9)10-13-15-16-14-10/h1-4,7H,5-6H2,(H,12,17)(H,13,14,15,16). The zero-order chi connectivity index (χ0) is 11.7. The number of carbonyl (C=O) groups excluding carboxylic acids is 1. The number of carbonyl (C=O) groups is 1. The molecule has 86 valence electrons. The Morgan fingerprint density at radius 2 is 2.18 bits per heavy atom. The largest absolute Gasteiger partial charge is 0.325 e. The van der Waals surface area contributed by atoms with Gasteiger partial charge in [0.2, 0.25) is 11.7 Å². The van der Waals surface area contributed by atoms with E-state index in [0.29, 0.717) is 5.82 Å². The summed E-state index contributed by atoms with van der Waals surface area (Å²) in [7, 11) is 0. The lowest BCUT2D eigenvalue weighted by Gasteiger charge is -2.07. The highest BCUT2D eigenvalue weighted by Gasteiger charge is 2.30. The van der Waals surface area contributed by atoms with Crippen LogP contribution in [0.5, 0.6) is 0 Å². The minimum Gasteiger partial charge on any atom is -0.325 e. The number of H-pyrrole nitrogens is 1. The minimum atomic E-state index is 0.0703. The molecule has 1 heterocycles. The zero-order valence-corrected chi connectivity index (χ0v) is 9.05. The van der Waals surface area contributed by atoms with Gasteiger partial charge in [-0.1, -0.05) is 12.1 Å². The highest BCUT2D eigenvalue weighted by molar-refractivity contribution is 5.97. The molecule has 0 saturated heterocycles. The number of rotatable bonds is 3. The van der Waals surface area contributed by atoms with Crippen LogP contribution in [0.2, 0.25) is 0 Å². The Hall–Kier alpha value is -2.24. The first kappa shape index (κ1) is 9.95. The van der Waals surface area contributed by atoms with E-state index in [1.54, 1.807) is 0 Å². The van der Waals surface area contributed by atoms with Crippen molar-refractivity contribution >= 4 is 11.6 Å². The molecule has 1 aromatic heterocycles. The van der Waals surface area contributed by atoms with Gasteiger partial charge in [-0.15, -0.1) is 10.2 Å². The van der Waals surface area contributed by atoms with E-state index in [9.17, 15) is 4.79 Å². The van der Waals surface area contributed by atoms with Crippen molar-refractivity contribution < 1.29 is 4.79 Å². The lowest BCUT2D eigenvalue weighted by atomic mass is 10.1. The van der Waals surface area contributed by atoms with Crippen molar-refractivity contribution in [3.63, 3.8) is 0 Å². The molecule has 0 aliphatic heterocycles. The van der Waals surface area contributed by atoms with E-state index in [2.05, 4.69) is 25.9 Å². The maximum absolute atomic E-state index is 11.7. The average Bonchev–Trinajstić information content (AvgIpc) is 3.06. The second kappa shape index (κ2) is 3.97. The number of amides is 1. The lowest BCUT2D eigenvalue weighted by Crippen LogP contribution is -2.14. The Kier molecular flexibility index (Phi) is 2.32. The molecule has 1 aliphatic rings. The van der Waals surface area contributed by atoms with Crippen molar-refractivity contribution in [2.75, 3.05) is 5.32 Å². The summed E-state index contributed by atoms with van der Waals surface area (Å²) in [5, 5.41) is 16.7. The van der Waals surface area contributed by atoms with Gasteiger partial charge in [0, 0.05) is 11.5 Å². The molecule has 0 bridgehead atoms. The quantitative estimate of drug-likeness (QED) is 0.828. The molecule has 0 unspecified atom stereocenters. The fourth-order valence-corrected chi connectivity index (χ4v) is 1.64. The molecule has 2 N–H and O–H groups in total. The molecule has 6 nitrogen and oxygen atoms in total. The van der Waals surface area contributed by atoms with E-state index >= 15 is 0 Å². The molecule has 0 radical (unpaired) electrons. The predicted octanol–water partition coefficient (Wildman–Crippen LogP) is 1.22. The number of para-hydroxylation sites is 1. The normalized spacial score (nSPS) is 14.6. The Labute approximate surface area is 97.4 Å². The molecule has 1 aromatic carbocycles. The summed E-state index contributed by atoms with van der Waals surface area (Å²) in [6, 6.07) is 7.43. The number of anilines is 1. The first-order valence-electron chi connectivity index (χ1n) is 5.48. The first-order chi connectivity index (χ1) is 8.34. The van der Waals surface area contributed by atoms with Gasteiger partial charge in [-0.25, -0.2) is 0 Å². The third kappa shape index (κ3) is 2.01. The van der Waals surface area contributed by atoms with Crippen molar-refractivity contribution in [3.05, 3.63) is 24.3 Å². The number of nitrogens with one attached hydrogen (secondary N) is 2. The van der Waals surface area contributed by atoms with Crippen molar-refractivity contribution in [2.45, 2.75) is 12.8 Å². The smallest absolute Gasteiger partial charge is 0.227 e. The van der Waals surface area contributed by atoms with Crippen molar-refractivity contribution in [1.82, 2.24) is 20.6 Å². The molecule has 0 atom stereocenters. The molecule has 0 spiro atoms. The number of aromatic nitrogens is 4. The molecule has 1 fully saturated rings. The van der Waals surface area contributed by atoms with Gasteiger partial charge in [-0.2, -0.15) is 5.21 Å². The molecule has 1 aliphatic carbocycles. The molecule has 1 saturated carbocycles. The SMILES string of the molecule is O=C(Nc1ccccc1-c1nn[nH]n1)C1CC1. The summed E-state index contributed by atoms with van der Waals surface area (Å²) >= 11 is 0. The first-order valence-corrected chi connectivity index (χ1v) is 5.48. The van der Waals surface area contributed by atoms with Gasteiger partial charge >= 0.3 is 0 Å². The van der Waals surface area contributed by atoms with Crippen molar-refractivity contribution in [1.29, 1.82) is 0 Å². The number of aromatic amines is 1. The minimum absolute atomic E-state index is 0.0703. The van der Waals surface area contributed by atoms with Crippen molar-refractivity contribution in [3.8, 4) is 11.4 Å². The van der Waals surface area contributed by atoms with Crippen LogP contribution in [0, 0.1) is 5.92 Å². The molecular formula is C11H11N5O. The summed E-state index contributed by atoms with van der Waals surface area (Å²) in [6.45, 7) is 0. The lowest BCUT2D eigenvalue weighted by molar-refractivity contribution is -0.117. The van der Waals surface area contributed by atoms with Gasteiger partial charge in [-0.3, -0.25) is 4.79 Å². The van der Waals surface area contributed by atoms with Crippen LogP contribution in [-0.2, 0) is 4.79 Å². The van der Waals surface area contributed by atoms with Crippen LogP contribution < -0.4 is 5.32 Å². The summed E-state index contributed by atoms with van der Waals surface area (Å²) < 4.78 is 0. The van der Waals surface area contributed by atoms with Gasteiger partial charge in [0.1, 0.15) is 0 Å². The average molecular weight is 229 g/mol. The second-order valence-corrected chi connectivity index (χ2v) is 4.04. The topological polar surface area (TPSA) is 83.6 Å². The fraction of sp³-hybridized carbons (Fsp3) is 0.273. The summed E-state index contributed by atoms with van der Waals surface area (Å²) in [5.74, 6) is 0.728. The van der Waals surface area contributed by atoms with Crippen LogP contribution in [0.25, 0.3) is 11.4 Å². The summed E-state index contributed by atoms with van der Waals surface area (Å²) in [4.78, 5) is 11.7. The van der Waals surface area contributed by atoms with Gasteiger partial charge in [0.05, 0.1) is 5.69 Å². The number of tetrazole rings is 1. The number of hydrogen-bond acceptors (Lipinski definition) is 4. The van der Waals surface area contributed by atoms with E-state index in [4.69, 9.17) is 0 Å². The number of nitrogens with zero attached hydrogens (tertiary/aromatic N) is 3. The summed E-state index contributed by atoms with van der Waals surface area (Å²) in [5.41, 5.74) is 1.50. The Bertz CT molecular complexity index is 533. The molecule has 17 heavy (non-hydrogen) atoms. The fourth-order valence-electron chi connectivity index (χ4n) is 1.64. The maximum atomic E-state index is 11.7. The van der Waals surface area contributed by atoms with E-state index < -0.39 is 0 Å². The van der Waals surface area contributed by atoms with Gasteiger partial charge in [-0.05, 0) is 30.2 Å². The van der Waals surface area contributed by atoms with Crippen LogP contribution in [0.3, 0.4) is 0 Å². The van der Waals surface area contributed by atoms with E-state index in [-0.39, 0.29) is 11.8 Å². The zero-order valence-electron chi connectivity index (χ0n) is 9.05. The van der Waals surface area contributed by atoms with E-state index in [1.807, 2.05) is 24.3 Å². The molecule has 6 heteroatoms. The molecule has 2 aromatic rings. The third-order valence-electron chi connectivity index (χ3n) is 2.72. The number of hydrogen-bond donors (Lipinski definition) is 2. The van der Waals surface area contributed by atoms with Crippen LogP contribution in [0.1, 0.15) is 12.8 Å². The molecule has 3 rings (SSSR count). The van der Waals surface area contributed by atoms with Crippen molar-refractivity contribution in [2.24, 2.45) is 5.92 Å². The van der Waals surface area contributed by atoms with Crippen LogP contribution in [-0.4, -0.2) is 26.5 Å². The monoisotopic (exact) mass is 229 g/mol. The van der Waals surface area contributed by atoms with E-state index in [1.165, 1.54) is 0 Å².